The van der Waals surface area contributed by atoms with Crippen LogP contribution in [-0.4, -0.2) is 23.6 Å². The third-order valence-corrected chi connectivity index (χ3v) is 6.24. The van der Waals surface area contributed by atoms with E-state index in [-0.39, 0.29) is 40.7 Å². The van der Waals surface area contributed by atoms with E-state index in [2.05, 4.69) is 6.92 Å². The molecule has 0 bridgehead atoms. The molecule has 1 aliphatic carbocycles. The number of carbonyl (C=O) groups is 4. The topological polar surface area (TPSA) is 80.8 Å². The number of benzene rings is 2. The maximum atomic E-state index is 13.0. The zero-order valence-corrected chi connectivity index (χ0v) is 17.9. The lowest BCUT2D eigenvalue weighted by atomic mass is 9.76. The summed E-state index contributed by atoms with van der Waals surface area (Å²) in [7, 11) is 0. The van der Waals surface area contributed by atoms with E-state index in [0.29, 0.717) is 23.6 Å². The number of anilines is 1. The second-order valence-corrected chi connectivity index (χ2v) is 8.64. The molecule has 0 spiro atoms. The van der Waals surface area contributed by atoms with E-state index in [1.807, 2.05) is 6.92 Å². The molecule has 4 rings (SSSR count). The van der Waals surface area contributed by atoms with Gasteiger partial charge in [0.05, 0.1) is 28.7 Å². The van der Waals surface area contributed by atoms with E-state index in [1.165, 1.54) is 17.9 Å². The van der Waals surface area contributed by atoms with Gasteiger partial charge < -0.3 is 4.74 Å². The lowest BCUT2D eigenvalue weighted by Gasteiger charge is -2.25. The third kappa shape index (κ3) is 3.90. The predicted octanol–water partition coefficient (Wildman–Crippen LogP) is 4.34. The number of rotatable bonds is 4. The molecule has 1 heterocycles. The first-order valence-electron chi connectivity index (χ1n) is 10.6. The number of carbonyl (C=O) groups excluding carboxylic acids is 4. The van der Waals surface area contributed by atoms with Gasteiger partial charge in [0.2, 0.25) is 11.8 Å². The van der Waals surface area contributed by atoms with Gasteiger partial charge in [-0.25, -0.2) is 4.79 Å². The molecule has 2 fully saturated rings. The summed E-state index contributed by atoms with van der Waals surface area (Å²) in [5, 5.41) is 0. The molecule has 0 N–H and O–H groups in total. The zero-order valence-electron chi connectivity index (χ0n) is 17.9. The first-order chi connectivity index (χ1) is 14.8. The minimum absolute atomic E-state index is 0.182. The van der Waals surface area contributed by atoms with Crippen LogP contribution in [0.4, 0.5) is 5.69 Å². The van der Waals surface area contributed by atoms with E-state index in [1.54, 1.807) is 36.4 Å². The highest BCUT2D eigenvalue weighted by Crippen LogP contribution is 2.42. The molecule has 6 nitrogen and oxygen atoms in total. The van der Waals surface area contributed by atoms with Crippen LogP contribution >= 0.6 is 0 Å². The SMILES string of the molecule is CC(=O)c1cc(C)ccc1OC(=O)c1cccc(N2C(=O)C3CCC(C)CC3C2=O)c1. The second-order valence-electron chi connectivity index (χ2n) is 8.64. The lowest BCUT2D eigenvalue weighted by Crippen LogP contribution is -2.31. The standard InChI is InChI=1S/C25H25NO5/c1-14-7-9-19-21(12-14)24(29)26(23(19)28)18-6-4-5-17(13-18)25(30)31-22-10-8-15(2)11-20(22)16(3)27/h4-6,8,10-11,13-14,19,21H,7,9,12H2,1-3H3. The number of nitrogens with zero attached hydrogens (tertiary/aromatic N) is 1. The van der Waals surface area contributed by atoms with Gasteiger partial charge in [-0.05, 0) is 69.4 Å². The van der Waals surface area contributed by atoms with Crippen molar-refractivity contribution in [3.63, 3.8) is 0 Å². The Kier molecular flexibility index (Phi) is 5.48. The number of hydrogen-bond donors (Lipinski definition) is 0. The molecule has 1 saturated heterocycles. The molecule has 2 aromatic rings. The Labute approximate surface area is 181 Å². The van der Waals surface area contributed by atoms with Gasteiger partial charge in [0.15, 0.2) is 5.78 Å². The maximum Gasteiger partial charge on any atom is 0.343 e. The van der Waals surface area contributed by atoms with E-state index in [9.17, 15) is 19.2 Å². The summed E-state index contributed by atoms with van der Waals surface area (Å²) in [6, 6.07) is 11.4. The van der Waals surface area contributed by atoms with Gasteiger partial charge in [-0.1, -0.05) is 24.6 Å². The Balaban J connectivity index is 1.59. The van der Waals surface area contributed by atoms with Crippen molar-refractivity contribution >= 4 is 29.3 Å². The van der Waals surface area contributed by atoms with Crippen LogP contribution in [0.25, 0.3) is 0 Å². The Hall–Kier alpha value is -3.28. The van der Waals surface area contributed by atoms with Crippen molar-refractivity contribution in [1.82, 2.24) is 0 Å². The molecule has 1 aliphatic heterocycles. The molecule has 2 aliphatic rings. The number of aryl methyl sites for hydroxylation is 1. The molecule has 3 unspecified atom stereocenters. The molecule has 0 radical (unpaired) electrons. The second kappa shape index (κ2) is 8.10. The summed E-state index contributed by atoms with van der Waals surface area (Å²) < 4.78 is 5.48. The largest absolute Gasteiger partial charge is 0.422 e. The van der Waals surface area contributed by atoms with E-state index >= 15 is 0 Å². The molecule has 1 saturated carbocycles. The molecule has 2 aromatic carbocycles. The maximum absolute atomic E-state index is 13.0. The number of Topliss-reactive ketones (excluding diaryl/α,β-unsaturated/α-hetero) is 1. The number of fused-ring (bicyclic) bond motifs is 1. The number of esters is 1. The van der Waals surface area contributed by atoms with Crippen molar-refractivity contribution in [2.45, 2.75) is 40.0 Å². The third-order valence-electron chi connectivity index (χ3n) is 6.24. The van der Waals surface area contributed by atoms with Gasteiger partial charge in [-0.3, -0.25) is 19.3 Å². The van der Waals surface area contributed by atoms with Crippen molar-refractivity contribution in [3.8, 4) is 5.75 Å². The molecule has 0 aromatic heterocycles. The Morgan fingerprint density at radius 2 is 1.74 bits per heavy atom. The highest BCUT2D eigenvalue weighted by molar-refractivity contribution is 6.22. The van der Waals surface area contributed by atoms with Crippen LogP contribution in [0.1, 0.15) is 59.4 Å². The van der Waals surface area contributed by atoms with Gasteiger partial charge in [-0.2, -0.15) is 0 Å². The van der Waals surface area contributed by atoms with Crippen LogP contribution in [0, 0.1) is 24.7 Å². The van der Waals surface area contributed by atoms with E-state index < -0.39 is 5.97 Å². The number of hydrogen-bond acceptors (Lipinski definition) is 5. The van der Waals surface area contributed by atoms with Crippen molar-refractivity contribution in [3.05, 3.63) is 59.2 Å². The Morgan fingerprint density at radius 1 is 1.00 bits per heavy atom. The quantitative estimate of drug-likeness (QED) is 0.319. The molecular weight excluding hydrogens is 394 g/mol. The van der Waals surface area contributed by atoms with E-state index in [0.717, 1.165) is 18.4 Å². The van der Waals surface area contributed by atoms with Crippen LogP contribution in [0.3, 0.4) is 0 Å². The van der Waals surface area contributed by atoms with Gasteiger partial charge in [0.1, 0.15) is 5.75 Å². The average molecular weight is 419 g/mol. The highest BCUT2D eigenvalue weighted by Gasteiger charge is 2.50. The summed E-state index contributed by atoms with van der Waals surface area (Å²) in [5.41, 5.74) is 1.79. The minimum Gasteiger partial charge on any atom is -0.422 e. The monoisotopic (exact) mass is 419 g/mol. The fourth-order valence-corrected chi connectivity index (χ4v) is 4.58. The fourth-order valence-electron chi connectivity index (χ4n) is 4.58. The Morgan fingerprint density at radius 3 is 2.48 bits per heavy atom. The van der Waals surface area contributed by atoms with Crippen molar-refractivity contribution in [2.75, 3.05) is 4.90 Å². The summed E-state index contributed by atoms with van der Waals surface area (Å²) in [6.07, 6.45) is 2.38. The van der Waals surface area contributed by atoms with Gasteiger partial charge in [0, 0.05) is 0 Å². The number of ether oxygens (including phenoxy) is 1. The van der Waals surface area contributed by atoms with Crippen LogP contribution in [-0.2, 0) is 9.59 Å². The minimum atomic E-state index is -0.654. The summed E-state index contributed by atoms with van der Waals surface area (Å²) >= 11 is 0. The average Bonchev–Trinajstić information content (AvgIpc) is 2.98. The Bertz CT molecular complexity index is 1090. The van der Waals surface area contributed by atoms with Gasteiger partial charge in [0.25, 0.3) is 0 Å². The summed E-state index contributed by atoms with van der Waals surface area (Å²) in [4.78, 5) is 51.8. The van der Waals surface area contributed by atoms with Gasteiger partial charge >= 0.3 is 5.97 Å². The zero-order chi connectivity index (χ0) is 22.3. The number of imide groups is 1. The molecule has 31 heavy (non-hydrogen) atoms. The first-order valence-corrected chi connectivity index (χ1v) is 10.6. The van der Waals surface area contributed by atoms with Crippen molar-refractivity contribution in [2.24, 2.45) is 17.8 Å². The molecular formula is C25H25NO5. The van der Waals surface area contributed by atoms with E-state index in [4.69, 9.17) is 4.74 Å². The van der Waals surface area contributed by atoms with Crippen LogP contribution in [0.15, 0.2) is 42.5 Å². The highest BCUT2D eigenvalue weighted by atomic mass is 16.5. The molecule has 2 amide bonds. The normalized spacial score (nSPS) is 22.9. The molecule has 160 valence electrons. The number of amides is 2. The van der Waals surface area contributed by atoms with Crippen LogP contribution in [0.5, 0.6) is 5.75 Å². The molecule has 3 atom stereocenters. The van der Waals surface area contributed by atoms with Crippen LogP contribution in [0.2, 0.25) is 0 Å². The van der Waals surface area contributed by atoms with Crippen molar-refractivity contribution in [1.29, 1.82) is 0 Å². The fraction of sp³-hybridized carbons (Fsp3) is 0.360. The summed E-state index contributed by atoms with van der Waals surface area (Å²) in [5.74, 6) is -1.19. The lowest BCUT2D eigenvalue weighted by molar-refractivity contribution is -0.122. The predicted molar refractivity (Wildman–Crippen MR) is 115 cm³/mol. The number of ketones is 1. The first kappa shape index (κ1) is 21.0. The smallest absolute Gasteiger partial charge is 0.343 e. The van der Waals surface area contributed by atoms with Crippen molar-refractivity contribution < 1.29 is 23.9 Å². The summed E-state index contributed by atoms with van der Waals surface area (Å²) in [6.45, 7) is 5.37. The van der Waals surface area contributed by atoms with Crippen LogP contribution < -0.4 is 9.64 Å². The van der Waals surface area contributed by atoms with Gasteiger partial charge in [-0.15, -0.1) is 0 Å². The molecule has 6 heteroatoms.